The zero-order valence-electron chi connectivity index (χ0n) is 11.3. The van der Waals surface area contributed by atoms with Crippen molar-refractivity contribution in [1.29, 1.82) is 0 Å². The fourth-order valence-electron chi connectivity index (χ4n) is 1.58. The zero-order valence-corrected chi connectivity index (χ0v) is 12.1. The Morgan fingerprint density at radius 1 is 1.16 bits per heavy atom. The van der Waals surface area contributed by atoms with Crippen LogP contribution in [0, 0.1) is 0 Å². The van der Waals surface area contributed by atoms with Gasteiger partial charge >= 0.3 is 0 Å². The van der Waals surface area contributed by atoms with Crippen molar-refractivity contribution in [3.05, 3.63) is 18.2 Å². The fourth-order valence-corrected chi connectivity index (χ4v) is 2.19. The average Bonchev–Trinajstić information content (AvgIpc) is 2.93. The van der Waals surface area contributed by atoms with Crippen LogP contribution in [0.15, 0.2) is 18.2 Å². The Bertz CT molecular complexity index is 520. The highest BCUT2D eigenvalue weighted by atomic mass is 32.1. The first-order chi connectivity index (χ1) is 9.26. The molecule has 0 atom stereocenters. The summed E-state index contributed by atoms with van der Waals surface area (Å²) < 4.78 is 14.8. The topological polar surface area (TPSA) is 56.3 Å². The van der Waals surface area contributed by atoms with Gasteiger partial charge in [-0.25, -0.2) is 0 Å². The molecular weight excluding hydrogens is 262 g/mol. The first-order valence-electron chi connectivity index (χ1n) is 6.07. The summed E-state index contributed by atoms with van der Waals surface area (Å²) in [6.45, 7) is 3.01. The van der Waals surface area contributed by atoms with Crippen molar-refractivity contribution in [2.75, 3.05) is 26.1 Å². The maximum absolute atomic E-state index is 5.24. The molecule has 5 nitrogen and oxygen atoms in total. The molecule has 1 aromatic heterocycles. The summed E-state index contributed by atoms with van der Waals surface area (Å²) in [4.78, 5) is 4.45. The van der Waals surface area contributed by atoms with Crippen molar-refractivity contribution in [3.8, 4) is 22.9 Å². The summed E-state index contributed by atoms with van der Waals surface area (Å²) in [6, 6.07) is 5.62. The molecule has 0 aliphatic heterocycles. The molecule has 0 bridgehead atoms. The Morgan fingerprint density at radius 2 is 1.84 bits per heavy atom. The summed E-state index contributed by atoms with van der Waals surface area (Å²) >= 11 is 1.36. The molecule has 19 heavy (non-hydrogen) atoms. The molecular formula is C13H17N3O2S. The van der Waals surface area contributed by atoms with Gasteiger partial charge in [0.25, 0.3) is 0 Å². The first kappa shape index (κ1) is 13.6. The van der Waals surface area contributed by atoms with Crippen LogP contribution >= 0.6 is 11.5 Å². The van der Waals surface area contributed by atoms with Crippen LogP contribution in [0.3, 0.4) is 0 Å². The SMILES string of the molecule is CCCNc1nc(-c2cc(OC)cc(OC)c2)ns1. The Morgan fingerprint density at radius 3 is 2.42 bits per heavy atom. The molecule has 0 fully saturated rings. The van der Waals surface area contributed by atoms with Crippen LogP contribution in [0.1, 0.15) is 13.3 Å². The highest BCUT2D eigenvalue weighted by Crippen LogP contribution is 2.29. The summed E-state index contributed by atoms with van der Waals surface area (Å²) in [5.41, 5.74) is 0.886. The van der Waals surface area contributed by atoms with Gasteiger partial charge < -0.3 is 14.8 Å². The number of hydrogen-bond acceptors (Lipinski definition) is 6. The largest absolute Gasteiger partial charge is 0.497 e. The molecule has 1 heterocycles. The fraction of sp³-hybridized carbons (Fsp3) is 0.385. The summed E-state index contributed by atoms with van der Waals surface area (Å²) in [7, 11) is 3.25. The summed E-state index contributed by atoms with van der Waals surface area (Å²) in [6.07, 6.45) is 1.06. The van der Waals surface area contributed by atoms with E-state index in [2.05, 4.69) is 21.6 Å². The first-order valence-corrected chi connectivity index (χ1v) is 6.85. The minimum absolute atomic E-state index is 0.681. The molecule has 0 aliphatic rings. The van der Waals surface area contributed by atoms with E-state index < -0.39 is 0 Å². The van der Waals surface area contributed by atoms with E-state index in [9.17, 15) is 0 Å². The molecule has 1 N–H and O–H groups in total. The Labute approximate surface area is 116 Å². The second-order valence-electron chi connectivity index (χ2n) is 3.95. The maximum atomic E-state index is 5.24. The molecule has 1 aromatic carbocycles. The van der Waals surface area contributed by atoms with Gasteiger partial charge in [-0.05, 0) is 18.6 Å². The van der Waals surface area contributed by atoms with E-state index in [0.29, 0.717) is 5.82 Å². The van der Waals surface area contributed by atoms with Crippen LogP contribution in [0.4, 0.5) is 5.13 Å². The van der Waals surface area contributed by atoms with Crippen molar-refractivity contribution < 1.29 is 9.47 Å². The van der Waals surface area contributed by atoms with Crippen LogP contribution in [0.25, 0.3) is 11.4 Å². The third-order valence-electron chi connectivity index (χ3n) is 2.56. The van der Waals surface area contributed by atoms with E-state index in [1.165, 1.54) is 11.5 Å². The van der Waals surface area contributed by atoms with Crippen molar-refractivity contribution >= 4 is 16.7 Å². The molecule has 0 amide bonds. The van der Waals surface area contributed by atoms with Crippen LogP contribution in [0.5, 0.6) is 11.5 Å². The minimum Gasteiger partial charge on any atom is -0.497 e. The van der Waals surface area contributed by atoms with Gasteiger partial charge in [-0.2, -0.15) is 9.36 Å². The van der Waals surface area contributed by atoms with Gasteiger partial charge in [-0.1, -0.05) is 6.92 Å². The van der Waals surface area contributed by atoms with Crippen LogP contribution in [-0.4, -0.2) is 30.1 Å². The summed E-state index contributed by atoms with van der Waals surface area (Å²) in [5.74, 6) is 2.14. The molecule has 102 valence electrons. The van der Waals surface area contributed by atoms with E-state index in [1.807, 2.05) is 18.2 Å². The van der Waals surface area contributed by atoms with Crippen LogP contribution < -0.4 is 14.8 Å². The third kappa shape index (κ3) is 3.35. The number of hydrogen-bond donors (Lipinski definition) is 1. The van der Waals surface area contributed by atoms with E-state index in [1.54, 1.807) is 14.2 Å². The third-order valence-corrected chi connectivity index (χ3v) is 3.23. The standard InChI is InChI=1S/C13H17N3O2S/c1-4-5-14-13-15-12(16-19-13)9-6-10(17-2)8-11(7-9)18-3/h6-8H,4-5H2,1-3H3,(H,14,15,16). The number of aromatic nitrogens is 2. The lowest BCUT2D eigenvalue weighted by Gasteiger charge is -2.06. The number of nitrogens with one attached hydrogen (secondary N) is 1. The van der Waals surface area contributed by atoms with Gasteiger partial charge in [-0.15, -0.1) is 0 Å². The van der Waals surface area contributed by atoms with Gasteiger partial charge in [0, 0.05) is 29.7 Å². The monoisotopic (exact) mass is 279 g/mol. The van der Waals surface area contributed by atoms with Gasteiger partial charge in [-0.3, -0.25) is 0 Å². The van der Waals surface area contributed by atoms with Gasteiger partial charge in [0.15, 0.2) is 5.82 Å². The van der Waals surface area contributed by atoms with E-state index in [4.69, 9.17) is 9.47 Å². The number of benzene rings is 1. The average molecular weight is 279 g/mol. The lowest BCUT2D eigenvalue weighted by atomic mass is 10.2. The molecule has 0 spiro atoms. The molecule has 2 aromatic rings. The Kier molecular flexibility index (Phi) is 4.57. The van der Waals surface area contributed by atoms with Crippen LogP contribution in [-0.2, 0) is 0 Å². The lowest BCUT2D eigenvalue weighted by Crippen LogP contribution is -1.98. The maximum Gasteiger partial charge on any atom is 0.202 e. The Balaban J connectivity index is 2.27. The van der Waals surface area contributed by atoms with Crippen LogP contribution in [0.2, 0.25) is 0 Å². The normalized spacial score (nSPS) is 10.3. The molecule has 0 saturated heterocycles. The van der Waals surface area contributed by atoms with Crippen molar-refractivity contribution in [1.82, 2.24) is 9.36 Å². The van der Waals surface area contributed by atoms with Crippen molar-refractivity contribution in [2.24, 2.45) is 0 Å². The van der Waals surface area contributed by atoms with E-state index >= 15 is 0 Å². The zero-order chi connectivity index (χ0) is 13.7. The minimum atomic E-state index is 0.681. The van der Waals surface area contributed by atoms with E-state index in [0.717, 1.165) is 35.2 Å². The second kappa shape index (κ2) is 6.38. The highest BCUT2D eigenvalue weighted by Gasteiger charge is 2.09. The van der Waals surface area contributed by atoms with Gasteiger partial charge in [0.1, 0.15) is 11.5 Å². The quantitative estimate of drug-likeness (QED) is 0.880. The highest BCUT2D eigenvalue weighted by molar-refractivity contribution is 7.09. The molecule has 0 saturated carbocycles. The molecule has 0 aliphatic carbocycles. The predicted molar refractivity (Wildman–Crippen MR) is 77.2 cm³/mol. The lowest BCUT2D eigenvalue weighted by molar-refractivity contribution is 0.394. The van der Waals surface area contributed by atoms with E-state index in [-0.39, 0.29) is 0 Å². The van der Waals surface area contributed by atoms with Crippen molar-refractivity contribution in [3.63, 3.8) is 0 Å². The summed E-state index contributed by atoms with van der Waals surface area (Å²) in [5, 5.41) is 4.06. The number of nitrogens with zero attached hydrogens (tertiary/aromatic N) is 2. The van der Waals surface area contributed by atoms with Gasteiger partial charge in [0.2, 0.25) is 5.13 Å². The Hall–Kier alpha value is -1.82. The number of methoxy groups -OCH3 is 2. The van der Waals surface area contributed by atoms with Gasteiger partial charge in [0.05, 0.1) is 14.2 Å². The number of ether oxygens (including phenoxy) is 2. The van der Waals surface area contributed by atoms with Crippen molar-refractivity contribution in [2.45, 2.75) is 13.3 Å². The molecule has 2 rings (SSSR count). The molecule has 6 heteroatoms. The molecule has 0 radical (unpaired) electrons. The number of anilines is 1. The number of rotatable bonds is 6. The predicted octanol–water partition coefficient (Wildman–Crippen LogP) is 3.04. The smallest absolute Gasteiger partial charge is 0.202 e. The second-order valence-corrected chi connectivity index (χ2v) is 4.70. The molecule has 0 unspecified atom stereocenters.